The first kappa shape index (κ1) is 19.5. The van der Waals surface area contributed by atoms with Gasteiger partial charge in [0.25, 0.3) is 0 Å². The van der Waals surface area contributed by atoms with E-state index in [1.165, 1.54) is 32.1 Å². The van der Waals surface area contributed by atoms with Crippen LogP contribution in [0.4, 0.5) is 16.2 Å². The number of amides is 2. The summed E-state index contributed by atoms with van der Waals surface area (Å²) in [6, 6.07) is 3.99. The Hall–Kier alpha value is -2.24. The highest BCUT2D eigenvalue weighted by atomic mass is 16.2. The Bertz CT molecular complexity index is 759. The van der Waals surface area contributed by atoms with Crippen LogP contribution in [0.3, 0.4) is 0 Å². The fraction of sp³-hybridized carbons (Fsp3) is 0.619. The molecule has 3 rings (SSSR count). The summed E-state index contributed by atoms with van der Waals surface area (Å²) < 4.78 is 0. The first-order valence-electron chi connectivity index (χ1n) is 10.5. The van der Waals surface area contributed by atoms with Gasteiger partial charge in [0.05, 0.1) is 22.4 Å². The van der Waals surface area contributed by atoms with Crippen LogP contribution in [-0.2, 0) is 0 Å². The predicted octanol–water partition coefficient (Wildman–Crippen LogP) is 4.99. The lowest BCUT2D eigenvalue weighted by Gasteiger charge is -2.24. The Morgan fingerprint density at radius 3 is 2.59 bits per heavy atom. The Morgan fingerprint density at radius 2 is 1.93 bits per heavy atom. The molecule has 1 aromatic heterocycles. The van der Waals surface area contributed by atoms with Crippen molar-refractivity contribution < 1.29 is 4.79 Å². The summed E-state index contributed by atoms with van der Waals surface area (Å²) in [5.74, 6) is 1.63. The quantitative estimate of drug-likeness (QED) is 0.642. The van der Waals surface area contributed by atoms with Crippen molar-refractivity contribution in [3.05, 3.63) is 18.0 Å². The maximum Gasteiger partial charge on any atom is 0.319 e. The molecule has 1 aliphatic rings. The molecule has 0 bridgehead atoms. The molecule has 2 aromatic rings. The Morgan fingerprint density at radius 1 is 1.19 bits per heavy atom. The maximum atomic E-state index is 12.2. The average Bonchev–Trinajstić information content (AvgIpc) is 3.11. The zero-order valence-corrected chi connectivity index (χ0v) is 16.9. The molecule has 0 spiro atoms. The first-order chi connectivity index (χ1) is 13.2. The van der Waals surface area contributed by atoms with E-state index in [2.05, 4.69) is 40.4 Å². The van der Waals surface area contributed by atoms with Crippen LogP contribution in [0.5, 0.6) is 0 Å². The van der Waals surface area contributed by atoms with E-state index in [4.69, 9.17) is 4.98 Å². The van der Waals surface area contributed by atoms with E-state index in [1.807, 2.05) is 13.0 Å². The van der Waals surface area contributed by atoms with Crippen molar-refractivity contribution in [1.82, 2.24) is 15.3 Å². The Balaban J connectivity index is 1.94. The number of H-pyrrole nitrogens is 1. The summed E-state index contributed by atoms with van der Waals surface area (Å²) in [6.07, 6.45) is 7.26. The van der Waals surface area contributed by atoms with Crippen molar-refractivity contribution in [2.75, 3.05) is 29.9 Å². The number of rotatable bonds is 7. The van der Waals surface area contributed by atoms with Gasteiger partial charge in [0.1, 0.15) is 5.82 Å². The molecular formula is C21H33N5O. The highest BCUT2D eigenvalue weighted by Crippen LogP contribution is 2.35. The molecule has 2 amide bonds. The van der Waals surface area contributed by atoms with Crippen LogP contribution in [-0.4, -0.2) is 35.6 Å². The van der Waals surface area contributed by atoms with E-state index in [9.17, 15) is 4.79 Å². The molecule has 6 heteroatoms. The van der Waals surface area contributed by atoms with E-state index >= 15 is 0 Å². The third-order valence-corrected chi connectivity index (χ3v) is 5.50. The molecule has 0 saturated heterocycles. The molecule has 148 valence electrons. The van der Waals surface area contributed by atoms with Crippen LogP contribution in [0.15, 0.2) is 12.1 Å². The van der Waals surface area contributed by atoms with Crippen molar-refractivity contribution in [2.24, 2.45) is 0 Å². The molecule has 1 fully saturated rings. The molecule has 1 aromatic carbocycles. The number of nitrogens with one attached hydrogen (secondary N) is 3. The lowest BCUT2D eigenvalue weighted by atomic mass is 9.89. The maximum absolute atomic E-state index is 12.2. The van der Waals surface area contributed by atoms with Crippen molar-refractivity contribution in [2.45, 2.75) is 65.2 Å². The SMILES string of the molecule is CCCNC(=O)Nc1cc2[nH]c(C3CCCCC3)nc2cc1N(CC)CC. The van der Waals surface area contributed by atoms with Gasteiger partial charge in [-0.1, -0.05) is 26.2 Å². The molecule has 1 saturated carbocycles. The largest absolute Gasteiger partial charge is 0.370 e. The smallest absolute Gasteiger partial charge is 0.319 e. The first-order valence-corrected chi connectivity index (χ1v) is 10.5. The molecule has 27 heavy (non-hydrogen) atoms. The molecular weight excluding hydrogens is 338 g/mol. The number of carbonyl (C=O) groups excluding carboxylic acids is 1. The minimum absolute atomic E-state index is 0.156. The fourth-order valence-electron chi connectivity index (χ4n) is 3.97. The van der Waals surface area contributed by atoms with Gasteiger partial charge in [0.2, 0.25) is 0 Å². The Labute approximate surface area is 162 Å². The van der Waals surface area contributed by atoms with Gasteiger partial charge in [-0.15, -0.1) is 0 Å². The van der Waals surface area contributed by atoms with E-state index in [1.54, 1.807) is 0 Å². The summed E-state index contributed by atoms with van der Waals surface area (Å²) in [6.45, 7) is 8.75. The molecule has 3 N–H and O–H groups in total. The predicted molar refractivity (Wildman–Crippen MR) is 113 cm³/mol. The zero-order chi connectivity index (χ0) is 19.2. The number of aromatic amines is 1. The number of fused-ring (bicyclic) bond motifs is 1. The van der Waals surface area contributed by atoms with Crippen molar-refractivity contribution in [3.63, 3.8) is 0 Å². The summed E-state index contributed by atoms with van der Waals surface area (Å²) in [5.41, 5.74) is 3.84. The number of hydrogen-bond acceptors (Lipinski definition) is 3. The second-order valence-electron chi connectivity index (χ2n) is 7.40. The third-order valence-electron chi connectivity index (χ3n) is 5.50. The van der Waals surface area contributed by atoms with Crippen molar-refractivity contribution >= 4 is 28.4 Å². The Kier molecular flexibility index (Phi) is 6.58. The second-order valence-corrected chi connectivity index (χ2v) is 7.40. The number of anilines is 2. The van der Waals surface area contributed by atoms with Gasteiger partial charge < -0.3 is 20.5 Å². The van der Waals surface area contributed by atoms with Crippen LogP contribution in [0.2, 0.25) is 0 Å². The zero-order valence-electron chi connectivity index (χ0n) is 16.9. The number of benzene rings is 1. The molecule has 1 aliphatic carbocycles. The van der Waals surface area contributed by atoms with E-state index in [0.29, 0.717) is 12.5 Å². The summed E-state index contributed by atoms with van der Waals surface area (Å²) in [4.78, 5) is 22.9. The van der Waals surface area contributed by atoms with E-state index in [-0.39, 0.29) is 6.03 Å². The van der Waals surface area contributed by atoms with Gasteiger partial charge in [0, 0.05) is 25.6 Å². The van der Waals surface area contributed by atoms with Crippen LogP contribution in [0.1, 0.15) is 71.0 Å². The average molecular weight is 372 g/mol. The summed E-state index contributed by atoms with van der Waals surface area (Å²) >= 11 is 0. The highest BCUT2D eigenvalue weighted by molar-refractivity contribution is 5.97. The lowest BCUT2D eigenvalue weighted by molar-refractivity contribution is 0.252. The topological polar surface area (TPSA) is 73.0 Å². The van der Waals surface area contributed by atoms with Gasteiger partial charge in [-0.05, 0) is 45.2 Å². The van der Waals surface area contributed by atoms with Gasteiger partial charge in [-0.2, -0.15) is 0 Å². The number of nitrogens with zero attached hydrogens (tertiary/aromatic N) is 2. The molecule has 1 heterocycles. The number of imidazole rings is 1. The highest BCUT2D eigenvalue weighted by Gasteiger charge is 2.20. The number of hydrogen-bond donors (Lipinski definition) is 3. The fourth-order valence-corrected chi connectivity index (χ4v) is 3.97. The van der Waals surface area contributed by atoms with E-state index < -0.39 is 0 Å². The normalized spacial score (nSPS) is 15.1. The minimum Gasteiger partial charge on any atom is -0.370 e. The van der Waals surface area contributed by atoms with Gasteiger partial charge in [-0.3, -0.25) is 0 Å². The molecule has 6 nitrogen and oxygen atoms in total. The van der Waals surface area contributed by atoms with Gasteiger partial charge >= 0.3 is 6.03 Å². The lowest BCUT2D eigenvalue weighted by Crippen LogP contribution is -2.30. The number of aromatic nitrogens is 2. The van der Waals surface area contributed by atoms with Crippen LogP contribution in [0, 0.1) is 0 Å². The van der Waals surface area contributed by atoms with Crippen LogP contribution >= 0.6 is 0 Å². The van der Waals surface area contributed by atoms with Crippen LogP contribution in [0.25, 0.3) is 11.0 Å². The monoisotopic (exact) mass is 371 g/mol. The summed E-state index contributed by atoms with van der Waals surface area (Å²) in [5, 5.41) is 5.93. The van der Waals surface area contributed by atoms with Gasteiger partial charge in [0.15, 0.2) is 0 Å². The molecule has 0 aliphatic heterocycles. The van der Waals surface area contributed by atoms with Crippen molar-refractivity contribution in [1.29, 1.82) is 0 Å². The number of urea groups is 1. The van der Waals surface area contributed by atoms with E-state index in [0.717, 1.165) is 47.7 Å². The second kappa shape index (κ2) is 9.11. The third kappa shape index (κ3) is 4.54. The van der Waals surface area contributed by atoms with Crippen LogP contribution < -0.4 is 15.5 Å². The molecule has 0 atom stereocenters. The molecule has 0 radical (unpaired) electrons. The van der Waals surface area contributed by atoms with Gasteiger partial charge in [-0.25, -0.2) is 9.78 Å². The minimum atomic E-state index is -0.156. The van der Waals surface area contributed by atoms with Crippen molar-refractivity contribution in [3.8, 4) is 0 Å². The number of carbonyl (C=O) groups is 1. The summed E-state index contributed by atoms with van der Waals surface area (Å²) in [7, 11) is 0. The molecule has 0 unspecified atom stereocenters. The standard InChI is InChI=1S/C21H33N5O/c1-4-12-22-21(27)25-18-13-16-17(14-19(18)26(5-2)6-3)24-20(23-16)15-10-8-7-9-11-15/h13-15H,4-12H2,1-3H3,(H,23,24)(H2,22,25,27).